The molecule has 1 aliphatic heterocycles. The molecule has 1 unspecified atom stereocenters. The summed E-state index contributed by atoms with van der Waals surface area (Å²) in [5.41, 5.74) is 0. The van der Waals surface area contributed by atoms with Crippen LogP contribution in [-0.2, 0) is 9.47 Å². The Morgan fingerprint density at radius 3 is 2.20 bits per heavy atom. The fourth-order valence-electron chi connectivity index (χ4n) is 1.45. The number of aliphatic hydroxyl groups excluding tert-OH is 4. The molecule has 1 heterocycles. The van der Waals surface area contributed by atoms with E-state index in [2.05, 4.69) is 0 Å². The van der Waals surface area contributed by atoms with Gasteiger partial charge in [0.15, 0.2) is 6.29 Å². The average molecular weight is 222 g/mol. The Balaban J connectivity index is 2.65. The Morgan fingerprint density at radius 2 is 1.73 bits per heavy atom. The first-order valence-corrected chi connectivity index (χ1v) is 4.93. The number of hydrogen-bond donors (Lipinski definition) is 4. The maximum absolute atomic E-state index is 9.53. The van der Waals surface area contributed by atoms with Crippen molar-refractivity contribution in [3.8, 4) is 0 Å². The zero-order valence-corrected chi connectivity index (χ0v) is 8.78. The molecule has 90 valence electrons. The van der Waals surface area contributed by atoms with Gasteiger partial charge in [-0.3, -0.25) is 0 Å². The summed E-state index contributed by atoms with van der Waals surface area (Å²) in [6.45, 7) is 3.06. The van der Waals surface area contributed by atoms with Crippen LogP contribution in [0.1, 0.15) is 13.8 Å². The van der Waals surface area contributed by atoms with E-state index in [4.69, 9.17) is 14.6 Å². The van der Waals surface area contributed by atoms with E-state index in [9.17, 15) is 15.3 Å². The lowest BCUT2D eigenvalue weighted by Crippen LogP contribution is -2.59. The average Bonchev–Trinajstić information content (AvgIpc) is 2.18. The maximum Gasteiger partial charge on any atom is 0.186 e. The molecule has 0 saturated carbocycles. The first-order valence-electron chi connectivity index (χ1n) is 4.93. The van der Waals surface area contributed by atoms with Crippen LogP contribution in [0.15, 0.2) is 0 Å². The quantitative estimate of drug-likeness (QED) is 0.450. The first kappa shape index (κ1) is 12.8. The fourth-order valence-corrected chi connectivity index (χ4v) is 1.45. The van der Waals surface area contributed by atoms with Crippen LogP contribution in [0.5, 0.6) is 0 Å². The van der Waals surface area contributed by atoms with Gasteiger partial charge in [0.1, 0.15) is 24.4 Å². The van der Waals surface area contributed by atoms with Gasteiger partial charge in [0, 0.05) is 0 Å². The highest BCUT2D eigenvalue weighted by Crippen LogP contribution is 2.22. The highest BCUT2D eigenvalue weighted by Gasteiger charge is 2.44. The van der Waals surface area contributed by atoms with Crippen molar-refractivity contribution in [2.24, 2.45) is 0 Å². The summed E-state index contributed by atoms with van der Waals surface area (Å²) in [5, 5.41) is 37.3. The minimum absolute atomic E-state index is 0.188. The molecule has 0 aromatic heterocycles. The third-order valence-corrected chi connectivity index (χ3v) is 2.25. The molecule has 5 atom stereocenters. The van der Waals surface area contributed by atoms with E-state index >= 15 is 0 Å². The van der Waals surface area contributed by atoms with Crippen LogP contribution in [-0.4, -0.2) is 63.8 Å². The molecule has 6 heteroatoms. The van der Waals surface area contributed by atoms with Gasteiger partial charge in [0.2, 0.25) is 0 Å². The van der Waals surface area contributed by atoms with E-state index in [-0.39, 0.29) is 6.10 Å². The highest BCUT2D eigenvalue weighted by atomic mass is 16.7. The van der Waals surface area contributed by atoms with E-state index in [0.29, 0.717) is 0 Å². The normalized spacial score (nSPS) is 42.2. The topological polar surface area (TPSA) is 99.4 Å². The Kier molecular flexibility index (Phi) is 4.45. The van der Waals surface area contributed by atoms with E-state index in [0.717, 1.165) is 0 Å². The number of hydrogen-bond acceptors (Lipinski definition) is 6. The van der Waals surface area contributed by atoms with Crippen LogP contribution in [0.25, 0.3) is 0 Å². The molecule has 1 saturated heterocycles. The van der Waals surface area contributed by atoms with Gasteiger partial charge in [-0.2, -0.15) is 0 Å². The summed E-state index contributed by atoms with van der Waals surface area (Å²) in [4.78, 5) is 0. The van der Waals surface area contributed by atoms with Gasteiger partial charge in [0.25, 0.3) is 0 Å². The molecule has 0 spiro atoms. The SMILES string of the molecule is CC(C)OC1O[C@H](CO)[C@@H](O)[C@H](O)[C@@H]1O. The van der Waals surface area contributed by atoms with E-state index < -0.39 is 37.3 Å². The van der Waals surface area contributed by atoms with Crippen LogP contribution < -0.4 is 0 Å². The molecule has 0 aromatic rings. The second-order valence-electron chi connectivity index (χ2n) is 3.88. The second-order valence-corrected chi connectivity index (χ2v) is 3.88. The molecule has 15 heavy (non-hydrogen) atoms. The van der Waals surface area contributed by atoms with Crippen molar-refractivity contribution in [3.63, 3.8) is 0 Å². The summed E-state index contributed by atoms with van der Waals surface area (Å²) < 4.78 is 10.3. The molecule has 4 N–H and O–H groups in total. The summed E-state index contributed by atoms with van der Waals surface area (Å²) in [6.07, 6.45) is -6.15. The monoisotopic (exact) mass is 222 g/mol. The molecular weight excluding hydrogens is 204 g/mol. The summed E-state index contributed by atoms with van der Waals surface area (Å²) in [5.74, 6) is 0. The molecule has 0 bridgehead atoms. The van der Waals surface area contributed by atoms with E-state index in [1.165, 1.54) is 0 Å². The summed E-state index contributed by atoms with van der Waals surface area (Å²) in [6, 6.07) is 0. The second kappa shape index (κ2) is 5.20. The molecular formula is C9H18O6. The van der Waals surface area contributed by atoms with Crippen LogP contribution >= 0.6 is 0 Å². The Hall–Kier alpha value is -0.240. The Morgan fingerprint density at radius 1 is 1.13 bits per heavy atom. The fraction of sp³-hybridized carbons (Fsp3) is 1.00. The molecule has 1 fully saturated rings. The molecule has 6 nitrogen and oxygen atoms in total. The van der Waals surface area contributed by atoms with Crippen molar-refractivity contribution in [1.82, 2.24) is 0 Å². The zero-order chi connectivity index (χ0) is 11.6. The van der Waals surface area contributed by atoms with Crippen molar-refractivity contribution in [1.29, 1.82) is 0 Å². The van der Waals surface area contributed by atoms with Gasteiger partial charge in [-0.25, -0.2) is 0 Å². The lowest BCUT2D eigenvalue weighted by Gasteiger charge is -2.40. The standard InChI is InChI=1S/C9H18O6/c1-4(2)14-9-8(13)7(12)6(11)5(3-10)15-9/h4-13H,3H2,1-2H3/t5-,6-,7+,8+,9?/m1/s1. The van der Waals surface area contributed by atoms with Gasteiger partial charge < -0.3 is 29.9 Å². The number of aliphatic hydroxyl groups is 4. The highest BCUT2D eigenvalue weighted by molar-refractivity contribution is 4.88. The van der Waals surface area contributed by atoms with Crippen molar-refractivity contribution in [3.05, 3.63) is 0 Å². The van der Waals surface area contributed by atoms with E-state index in [1.807, 2.05) is 0 Å². The van der Waals surface area contributed by atoms with E-state index in [1.54, 1.807) is 13.8 Å². The first-order chi connectivity index (χ1) is 6.97. The number of ether oxygens (including phenoxy) is 2. The predicted molar refractivity (Wildman–Crippen MR) is 50.0 cm³/mol. The predicted octanol–water partition coefficient (Wildman–Crippen LogP) is -1.79. The van der Waals surface area contributed by atoms with Crippen molar-refractivity contribution < 1.29 is 29.9 Å². The molecule has 0 aromatic carbocycles. The number of rotatable bonds is 3. The molecule has 1 rings (SSSR count). The molecule has 0 amide bonds. The van der Waals surface area contributed by atoms with Crippen molar-refractivity contribution in [2.75, 3.05) is 6.61 Å². The minimum atomic E-state index is -1.38. The summed E-state index contributed by atoms with van der Waals surface area (Å²) >= 11 is 0. The van der Waals surface area contributed by atoms with Crippen molar-refractivity contribution >= 4 is 0 Å². The Bertz CT molecular complexity index is 195. The van der Waals surface area contributed by atoms with Gasteiger partial charge >= 0.3 is 0 Å². The Labute approximate surface area is 88.1 Å². The lowest BCUT2D eigenvalue weighted by molar-refractivity contribution is -0.308. The van der Waals surface area contributed by atoms with Gasteiger partial charge in [-0.1, -0.05) is 0 Å². The van der Waals surface area contributed by atoms with Crippen molar-refractivity contribution in [2.45, 2.75) is 50.7 Å². The van der Waals surface area contributed by atoms with Crippen LogP contribution in [0.2, 0.25) is 0 Å². The zero-order valence-electron chi connectivity index (χ0n) is 8.78. The third kappa shape index (κ3) is 2.87. The minimum Gasteiger partial charge on any atom is -0.394 e. The summed E-state index contributed by atoms with van der Waals surface area (Å²) in [7, 11) is 0. The molecule has 0 radical (unpaired) electrons. The van der Waals surface area contributed by atoms with Crippen LogP contribution in [0.4, 0.5) is 0 Å². The smallest absolute Gasteiger partial charge is 0.186 e. The molecule has 1 aliphatic rings. The van der Waals surface area contributed by atoms with Gasteiger partial charge in [-0.15, -0.1) is 0 Å². The lowest BCUT2D eigenvalue weighted by atomic mass is 9.99. The van der Waals surface area contributed by atoms with Crippen LogP contribution in [0.3, 0.4) is 0 Å². The molecule has 0 aliphatic carbocycles. The van der Waals surface area contributed by atoms with Gasteiger partial charge in [0.05, 0.1) is 12.7 Å². The van der Waals surface area contributed by atoms with Crippen LogP contribution in [0, 0.1) is 0 Å². The third-order valence-electron chi connectivity index (χ3n) is 2.25. The maximum atomic E-state index is 9.53. The largest absolute Gasteiger partial charge is 0.394 e. The van der Waals surface area contributed by atoms with Gasteiger partial charge in [-0.05, 0) is 13.8 Å².